The lowest BCUT2D eigenvalue weighted by Crippen LogP contribution is -2.29. The van der Waals surface area contributed by atoms with Crippen LogP contribution in [0, 0.1) is 5.82 Å². The number of halogens is 1. The molecule has 0 saturated carbocycles. The van der Waals surface area contributed by atoms with Gasteiger partial charge < -0.3 is 5.11 Å². The van der Waals surface area contributed by atoms with Gasteiger partial charge in [-0.25, -0.2) is 4.39 Å². The fourth-order valence-electron chi connectivity index (χ4n) is 2.69. The Morgan fingerprint density at radius 2 is 1.89 bits per heavy atom. The molecule has 0 aliphatic carbocycles. The lowest BCUT2D eigenvalue weighted by atomic mass is 10.0. The van der Waals surface area contributed by atoms with Crippen molar-refractivity contribution in [2.45, 2.75) is 12.8 Å². The van der Waals surface area contributed by atoms with Crippen molar-refractivity contribution in [3.63, 3.8) is 0 Å². The van der Waals surface area contributed by atoms with E-state index in [4.69, 9.17) is 17.3 Å². The van der Waals surface area contributed by atoms with Crippen LogP contribution in [-0.4, -0.2) is 32.7 Å². The lowest BCUT2D eigenvalue weighted by molar-refractivity contribution is -0.137. The highest BCUT2D eigenvalue weighted by molar-refractivity contribution is 8.26. The molecule has 4 nitrogen and oxygen atoms in total. The van der Waals surface area contributed by atoms with Gasteiger partial charge in [-0.05, 0) is 29.7 Å². The highest BCUT2D eigenvalue weighted by atomic mass is 32.2. The minimum absolute atomic E-state index is 0.00633. The van der Waals surface area contributed by atoms with Crippen LogP contribution < -0.4 is 0 Å². The molecule has 138 valence electrons. The van der Waals surface area contributed by atoms with E-state index in [2.05, 4.69) is 0 Å². The number of aliphatic carboxylic acids is 1. The first-order chi connectivity index (χ1) is 13.0. The van der Waals surface area contributed by atoms with Crippen molar-refractivity contribution in [1.82, 2.24) is 4.90 Å². The van der Waals surface area contributed by atoms with Crippen molar-refractivity contribution in [2.75, 3.05) is 6.54 Å². The molecule has 1 saturated heterocycles. The second-order valence-corrected chi connectivity index (χ2v) is 7.61. The summed E-state index contributed by atoms with van der Waals surface area (Å²) in [5.74, 6) is -1.40. The van der Waals surface area contributed by atoms with E-state index < -0.39 is 5.97 Å². The number of nitrogens with zero attached hydrogens (tertiary/aromatic N) is 1. The highest BCUT2D eigenvalue weighted by Gasteiger charge is 2.31. The summed E-state index contributed by atoms with van der Waals surface area (Å²) in [5.41, 5.74) is 2.08. The van der Waals surface area contributed by atoms with Gasteiger partial charge in [0.05, 0.1) is 4.91 Å². The van der Waals surface area contributed by atoms with Crippen LogP contribution >= 0.6 is 24.0 Å². The van der Waals surface area contributed by atoms with Crippen LogP contribution in [0.4, 0.5) is 4.39 Å². The van der Waals surface area contributed by atoms with Gasteiger partial charge in [-0.1, -0.05) is 66.4 Å². The molecule has 0 radical (unpaired) electrons. The van der Waals surface area contributed by atoms with Crippen LogP contribution in [0.25, 0.3) is 17.2 Å². The van der Waals surface area contributed by atoms with Crippen LogP contribution in [0.1, 0.15) is 18.4 Å². The normalized spacial score (nSPS) is 15.6. The fourth-order valence-corrected chi connectivity index (χ4v) is 4.00. The number of thioether (sulfide) groups is 1. The van der Waals surface area contributed by atoms with E-state index in [-0.39, 0.29) is 18.1 Å². The molecule has 0 bridgehead atoms. The molecule has 2 aromatic carbocycles. The van der Waals surface area contributed by atoms with Crippen molar-refractivity contribution < 1.29 is 19.1 Å². The average molecular weight is 401 g/mol. The predicted octanol–water partition coefficient (Wildman–Crippen LogP) is 4.56. The molecule has 27 heavy (non-hydrogen) atoms. The van der Waals surface area contributed by atoms with E-state index in [1.165, 1.54) is 22.7 Å². The first-order valence-electron chi connectivity index (χ1n) is 8.28. The first kappa shape index (κ1) is 19.3. The number of rotatable bonds is 6. The number of hydrogen-bond acceptors (Lipinski definition) is 4. The predicted molar refractivity (Wildman–Crippen MR) is 109 cm³/mol. The third-order valence-electron chi connectivity index (χ3n) is 4.04. The van der Waals surface area contributed by atoms with Crippen molar-refractivity contribution in [3.05, 3.63) is 64.8 Å². The SMILES string of the molecule is O=C(O)CCCN1C(=O)C(=Cc2ccc(-c3ccccc3F)cc2)SC1=S. The first-order valence-corrected chi connectivity index (χ1v) is 9.50. The standard InChI is InChI=1S/C20H16FNO3S2/c21-16-5-2-1-4-15(16)14-9-7-13(8-10-14)12-17-19(25)22(20(26)27-17)11-3-6-18(23)24/h1-2,4-5,7-10,12H,3,6,11H2,(H,23,24). The molecule has 0 spiro atoms. The molecule has 1 fully saturated rings. The molecule has 0 aromatic heterocycles. The number of carboxylic acids is 1. The third-order valence-corrected chi connectivity index (χ3v) is 5.42. The topological polar surface area (TPSA) is 57.6 Å². The fraction of sp³-hybridized carbons (Fsp3) is 0.150. The summed E-state index contributed by atoms with van der Waals surface area (Å²) in [4.78, 5) is 25.0. The van der Waals surface area contributed by atoms with E-state index in [1.807, 2.05) is 12.1 Å². The minimum Gasteiger partial charge on any atom is -0.481 e. The molecule has 0 unspecified atom stereocenters. The van der Waals surface area contributed by atoms with E-state index in [1.54, 1.807) is 36.4 Å². The maximum absolute atomic E-state index is 13.9. The monoisotopic (exact) mass is 401 g/mol. The average Bonchev–Trinajstić information content (AvgIpc) is 2.90. The van der Waals surface area contributed by atoms with Crippen molar-refractivity contribution in [2.24, 2.45) is 0 Å². The number of carbonyl (C=O) groups excluding carboxylic acids is 1. The van der Waals surface area contributed by atoms with Crippen LogP contribution in [0.5, 0.6) is 0 Å². The molecule has 2 aromatic rings. The summed E-state index contributed by atoms with van der Waals surface area (Å²) in [6.45, 7) is 0.292. The second kappa shape index (κ2) is 8.45. The molecule has 1 aliphatic rings. The highest BCUT2D eigenvalue weighted by Crippen LogP contribution is 2.33. The van der Waals surface area contributed by atoms with Gasteiger partial charge in [-0.2, -0.15) is 0 Å². The summed E-state index contributed by atoms with van der Waals surface area (Å²) < 4.78 is 14.3. The summed E-state index contributed by atoms with van der Waals surface area (Å²) in [5, 5.41) is 8.71. The van der Waals surface area contributed by atoms with Gasteiger partial charge in [0, 0.05) is 18.5 Å². The van der Waals surface area contributed by atoms with Gasteiger partial charge in [0.1, 0.15) is 10.1 Å². The van der Waals surface area contributed by atoms with Gasteiger partial charge in [-0.3, -0.25) is 14.5 Å². The van der Waals surface area contributed by atoms with E-state index in [0.29, 0.717) is 27.8 Å². The molecule has 1 heterocycles. The number of thiocarbonyl (C=S) groups is 1. The summed E-state index contributed by atoms with van der Waals surface area (Å²) in [7, 11) is 0. The number of hydrogen-bond donors (Lipinski definition) is 1. The molecular formula is C20H16FNO3S2. The van der Waals surface area contributed by atoms with Crippen molar-refractivity contribution in [1.29, 1.82) is 0 Å². The van der Waals surface area contributed by atoms with E-state index in [0.717, 1.165) is 11.1 Å². The molecule has 1 aliphatic heterocycles. The molecule has 1 N–H and O–H groups in total. The van der Waals surface area contributed by atoms with Gasteiger partial charge in [-0.15, -0.1) is 0 Å². The molecule has 7 heteroatoms. The number of benzene rings is 2. The van der Waals surface area contributed by atoms with Crippen molar-refractivity contribution >= 4 is 46.3 Å². The zero-order valence-electron chi connectivity index (χ0n) is 14.2. The molecule has 1 amide bonds. The van der Waals surface area contributed by atoms with Crippen LogP contribution in [-0.2, 0) is 9.59 Å². The van der Waals surface area contributed by atoms with Crippen molar-refractivity contribution in [3.8, 4) is 11.1 Å². The number of carbonyl (C=O) groups is 2. The Kier molecular flexibility index (Phi) is 6.03. The van der Waals surface area contributed by atoms with Crippen LogP contribution in [0.3, 0.4) is 0 Å². The smallest absolute Gasteiger partial charge is 0.303 e. The Hall–Kier alpha value is -2.51. The summed E-state index contributed by atoms with van der Waals surface area (Å²) in [6.07, 6.45) is 2.08. The molecular weight excluding hydrogens is 385 g/mol. The minimum atomic E-state index is -0.897. The molecule has 3 rings (SSSR count). The Morgan fingerprint density at radius 1 is 1.19 bits per heavy atom. The van der Waals surface area contributed by atoms with E-state index >= 15 is 0 Å². The Balaban J connectivity index is 1.73. The lowest BCUT2D eigenvalue weighted by Gasteiger charge is -2.13. The number of carboxylic acid groups (broad SMARTS) is 1. The molecule has 0 atom stereocenters. The zero-order valence-corrected chi connectivity index (χ0v) is 15.9. The second-order valence-electron chi connectivity index (χ2n) is 5.93. The van der Waals surface area contributed by atoms with E-state index in [9.17, 15) is 14.0 Å². The van der Waals surface area contributed by atoms with Gasteiger partial charge in [0.25, 0.3) is 5.91 Å². The largest absolute Gasteiger partial charge is 0.481 e. The van der Waals surface area contributed by atoms with Crippen LogP contribution in [0.2, 0.25) is 0 Å². The zero-order chi connectivity index (χ0) is 19.4. The summed E-state index contributed by atoms with van der Waals surface area (Å²) in [6, 6.07) is 13.8. The quantitative estimate of drug-likeness (QED) is 0.568. The Bertz CT molecular complexity index is 925. The maximum Gasteiger partial charge on any atom is 0.303 e. The van der Waals surface area contributed by atoms with Gasteiger partial charge >= 0.3 is 5.97 Å². The van der Waals surface area contributed by atoms with Crippen LogP contribution in [0.15, 0.2) is 53.4 Å². The van der Waals surface area contributed by atoms with Gasteiger partial charge in [0.2, 0.25) is 0 Å². The Morgan fingerprint density at radius 3 is 2.56 bits per heavy atom. The third kappa shape index (κ3) is 4.61. The summed E-state index contributed by atoms with van der Waals surface area (Å²) >= 11 is 6.43. The maximum atomic E-state index is 13.9. The van der Waals surface area contributed by atoms with Gasteiger partial charge in [0.15, 0.2) is 0 Å². The number of amides is 1. The Labute approximate surface area is 165 Å².